The molecule has 0 fully saturated rings. The molecule has 26 heavy (non-hydrogen) atoms. The molecule has 6 nitrogen and oxygen atoms in total. The third-order valence-corrected chi connectivity index (χ3v) is 3.88. The van der Waals surface area contributed by atoms with Crippen molar-refractivity contribution in [2.45, 2.75) is 6.54 Å². The minimum absolute atomic E-state index is 0.119. The summed E-state index contributed by atoms with van der Waals surface area (Å²) < 4.78 is 12.7. The maximum absolute atomic E-state index is 12.4. The van der Waals surface area contributed by atoms with E-state index in [4.69, 9.17) is 9.15 Å². The Hall–Kier alpha value is -3.28. The van der Waals surface area contributed by atoms with E-state index < -0.39 is 0 Å². The molecule has 0 spiro atoms. The molecule has 0 radical (unpaired) electrons. The second kappa shape index (κ2) is 8.20. The van der Waals surface area contributed by atoms with Crippen LogP contribution in [0.2, 0.25) is 0 Å². The normalized spacial score (nSPS) is 10.5. The predicted molar refractivity (Wildman–Crippen MR) is 97.4 cm³/mol. The number of aromatic nitrogens is 1. The molecule has 0 atom stereocenters. The number of carbonyl (C=O) groups excluding carboxylic acids is 1. The van der Waals surface area contributed by atoms with Crippen LogP contribution in [-0.4, -0.2) is 35.6 Å². The Morgan fingerprint density at radius 3 is 2.62 bits per heavy atom. The number of carbonyl (C=O) groups is 1. The van der Waals surface area contributed by atoms with Gasteiger partial charge in [-0.1, -0.05) is 24.3 Å². The molecule has 3 aromatic rings. The van der Waals surface area contributed by atoms with E-state index in [0.717, 1.165) is 5.75 Å². The van der Waals surface area contributed by atoms with Crippen molar-refractivity contribution in [2.24, 2.45) is 0 Å². The van der Waals surface area contributed by atoms with Crippen LogP contribution in [0.4, 0.5) is 0 Å². The summed E-state index contributed by atoms with van der Waals surface area (Å²) in [5.41, 5.74) is -0.119. The first kappa shape index (κ1) is 17.5. The van der Waals surface area contributed by atoms with Gasteiger partial charge in [-0.15, -0.1) is 0 Å². The number of para-hydroxylation sites is 1. The van der Waals surface area contributed by atoms with E-state index in [0.29, 0.717) is 18.9 Å². The Morgan fingerprint density at radius 2 is 1.85 bits per heavy atom. The lowest BCUT2D eigenvalue weighted by atomic mass is 10.3. The van der Waals surface area contributed by atoms with Gasteiger partial charge in [-0.05, 0) is 30.3 Å². The maximum atomic E-state index is 12.4. The number of amides is 1. The Kier molecular flexibility index (Phi) is 5.53. The van der Waals surface area contributed by atoms with Crippen molar-refractivity contribution in [2.75, 3.05) is 20.2 Å². The number of rotatable bonds is 7. The van der Waals surface area contributed by atoms with Crippen LogP contribution in [0.15, 0.2) is 76.1 Å². The molecular formula is C20H20N2O4. The maximum Gasteiger partial charge on any atom is 0.289 e. The second-order valence-corrected chi connectivity index (χ2v) is 5.82. The van der Waals surface area contributed by atoms with Gasteiger partial charge in [0.2, 0.25) is 0 Å². The van der Waals surface area contributed by atoms with Gasteiger partial charge in [0.05, 0.1) is 13.1 Å². The summed E-state index contributed by atoms with van der Waals surface area (Å²) in [5, 5.41) is 0. The van der Waals surface area contributed by atoms with Crippen LogP contribution in [0, 0.1) is 0 Å². The number of pyridine rings is 1. The molecule has 2 heterocycles. The van der Waals surface area contributed by atoms with Crippen LogP contribution in [0.5, 0.6) is 5.75 Å². The van der Waals surface area contributed by atoms with E-state index in [2.05, 4.69) is 0 Å². The van der Waals surface area contributed by atoms with E-state index in [9.17, 15) is 9.59 Å². The fourth-order valence-corrected chi connectivity index (χ4v) is 2.44. The Bertz CT molecular complexity index is 915. The van der Waals surface area contributed by atoms with E-state index in [1.54, 1.807) is 42.4 Å². The number of hydrogen-bond donors (Lipinski definition) is 0. The summed E-state index contributed by atoms with van der Waals surface area (Å²) >= 11 is 0. The monoisotopic (exact) mass is 352 g/mol. The van der Waals surface area contributed by atoms with Crippen LogP contribution in [0.1, 0.15) is 16.3 Å². The van der Waals surface area contributed by atoms with Gasteiger partial charge in [0.1, 0.15) is 18.1 Å². The lowest BCUT2D eigenvalue weighted by Crippen LogP contribution is -2.30. The smallest absolute Gasteiger partial charge is 0.289 e. The summed E-state index contributed by atoms with van der Waals surface area (Å²) in [6.45, 7) is 1.11. The minimum Gasteiger partial charge on any atom is -0.492 e. The first-order valence-corrected chi connectivity index (χ1v) is 8.31. The van der Waals surface area contributed by atoms with Crippen molar-refractivity contribution in [1.29, 1.82) is 0 Å². The first-order valence-electron chi connectivity index (χ1n) is 8.31. The Balaban J connectivity index is 1.55. The van der Waals surface area contributed by atoms with Gasteiger partial charge in [0, 0.05) is 19.3 Å². The first-order chi connectivity index (χ1) is 12.6. The molecule has 0 aliphatic heterocycles. The molecule has 0 aliphatic carbocycles. The van der Waals surface area contributed by atoms with Crippen molar-refractivity contribution >= 4 is 5.91 Å². The highest BCUT2D eigenvalue weighted by Gasteiger charge is 2.16. The standard InChI is InChI=1S/C20H20N2O4/c1-21(13-14-25-16-7-3-2-4-8-16)20(24)18-11-10-17(26-18)15-22-12-6-5-9-19(22)23/h2-12H,13-15H2,1H3. The van der Waals surface area contributed by atoms with Crippen molar-refractivity contribution in [3.63, 3.8) is 0 Å². The largest absolute Gasteiger partial charge is 0.492 e. The number of hydrogen-bond acceptors (Lipinski definition) is 4. The van der Waals surface area contributed by atoms with E-state index in [-0.39, 0.29) is 23.8 Å². The van der Waals surface area contributed by atoms with E-state index >= 15 is 0 Å². The lowest BCUT2D eigenvalue weighted by Gasteiger charge is -2.16. The summed E-state index contributed by atoms with van der Waals surface area (Å²) in [6, 6.07) is 17.7. The van der Waals surface area contributed by atoms with Gasteiger partial charge in [-0.2, -0.15) is 0 Å². The van der Waals surface area contributed by atoms with Crippen molar-refractivity contribution in [3.05, 3.63) is 88.7 Å². The summed E-state index contributed by atoms with van der Waals surface area (Å²) in [6.07, 6.45) is 1.68. The highest BCUT2D eigenvalue weighted by Crippen LogP contribution is 2.12. The number of benzene rings is 1. The molecule has 1 amide bonds. The van der Waals surface area contributed by atoms with Crippen molar-refractivity contribution in [3.8, 4) is 5.75 Å². The van der Waals surface area contributed by atoms with Crippen LogP contribution in [-0.2, 0) is 6.54 Å². The molecule has 0 aliphatic rings. The van der Waals surface area contributed by atoms with Crippen LogP contribution in [0.25, 0.3) is 0 Å². The fourth-order valence-electron chi connectivity index (χ4n) is 2.44. The lowest BCUT2D eigenvalue weighted by molar-refractivity contribution is 0.0740. The van der Waals surface area contributed by atoms with E-state index in [1.807, 2.05) is 30.3 Å². The molecule has 0 saturated heterocycles. The van der Waals surface area contributed by atoms with Crippen molar-refractivity contribution in [1.82, 2.24) is 9.47 Å². The number of nitrogens with zero attached hydrogens (tertiary/aromatic N) is 2. The quantitative estimate of drug-likeness (QED) is 0.656. The van der Waals surface area contributed by atoms with Gasteiger partial charge < -0.3 is 18.6 Å². The third kappa shape index (κ3) is 4.42. The average molecular weight is 352 g/mol. The molecule has 0 N–H and O–H groups in total. The van der Waals surface area contributed by atoms with Gasteiger partial charge in [-0.3, -0.25) is 9.59 Å². The molecule has 134 valence electrons. The molecule has 2 aromatic heterocycles. The molecule has 1 aromatic carbocycles. The summed E-state index contributed by atoms with van der Waals surface area (Å²) in [4.78, 5) is 25.7. The fraction of sp³-hybridized carbons (Fsp3) is 0.200. The Morgan fingerprint density at radius 1 is 1.08 bits per heavy atom. The topological polar surface area (TPSA) is 64.7 Å². The van der Waals surface area contributed by atoms with Crippen LogP contribution < -0.4 is 10.3 Å². The van der Waals surface area contributed by atoms with Gasteiger partial charge in [0.25, 0.3) is 11.5 Å². The molecular weight excluding hydrogens is 332 g/mol. The SMILES string of the molecule is CN(CCOc1ccccc1)C(=O)c1ccc(Cn2ccccc2=O)o1. The predicted octanol–water partition coefficient (Wildman–Crippen LogP) is 2.64. The zero-order chi connectivity index (χ0) is 18.4. The molecule has 3 rings (SSSR count). The Labute approximate surface area is 151 Å². The minimum atomic E-state index is -0.228. The zero-order valence-electron chi connectivity index (χ0n) is 14.5. The van der Waals surface area contributed by atoms with Gasteiger partial charge in [-0.25, -0.2) is 0 Å². The summed E-state index contributed by atoms with van der Waals surface area (Å²) in [5.74, 6) is 1.33. The highest BCUT2D eigenvalue weighted by molar-refractivity contribution is 5.91. The molecule has 0 saturated carbocycles. The summed E-state index contributed by atoms with van der Waals surface area (Å²) in [7, 11) is 1.70. The zero-order valence-corrected chi connectivity index (χ0v) is 14.5. The van der Waals surface area contributed by atoms with E-state index in [1.165, 1.54) is 10.6 Å². The number of ether oxygens (including phenoxy) is 1. The van der Waals surface area contributed by atoms with Gasteiger partial charge in [0.15, 0.2) is 5.76 Å². The second-order valence-electron chi connectivity index (χ2n) is 5.82. The van der Waals surface area contributed by atoms with Crippen molar-refractivity contribution < 1.29 is 13.9 Å². The van der Waals surface area contributed by atoms with Crippen LogP contribution in [0.3, 0.4) is 0 Å². The number of likely N-dealkylation sites (N-methyl/N-ethyl adjacent to an activating group) is 1. The number of furan rings is 1. The molecule has 0 unspecified atom stereocenters. The third-order valence-electron chi connectivity index (χ3n) is 3.88. The molecule has 6 heteroatoms. The molecule has 0 bridgehead atoms. The van der Waals surface area contributed by atoms with Crippen LogP contribution >= 0.6 is 0 Å². The average Bonchev–Trinajstić information content (AvgIpc) is 3.12. The van der Waals surface area contributed by atoms with Gasteiger partial charge >= 0.3 is 0 Å². The highest BCUT2D eigenvalue weighted by atomic mass is 16.5.